The number of carbonyl (C=O) groups excluding carboxylic acids is 2. The number of methoxy groups -OCH3 is 1. The lowest BCUT2D eigenvalue weighted by Gasteiger charge is -2.11. The Bertz CT molecular complexity index is 449. The van der Waals surface area contributed by atoms with Gasteiger partial charge in [0.05, 0.1) is 24.4 Å². The van der Waals surface area contributed by atoms with Gasteiger partial charge in [0.25, 0.3) is 5.91 Å². The van der Waals surface area contributed by atoms with Crippen LogP contribution in [0.25, 0.3) is 0 Å². The molecule has 6 heteroatoms. The Labute approximate surface area is 118 Å². The Morgan fingerprint density at radius 1 is 1.25 bits per heavy atom. The van der Waals surface area contributed by atoms with E-state index in [1.807, 2.05) is 6.92 Å². The first-order valence-electron chi connectivity index (χ1n) is 6.55. The second kappa shape index (κ2) is 9.06. The number of amides is 2. The van der Waals surface area contributed by atoms with E-state index in [4.69, 9.17) is 4.74 Å². The molecule has 0 aliphatic heterocycles. The van der Waals surface area contributed by atoms with E-state index < -0.39 is 0 Å². The van der Waals surface area contributed by atoms with Gasteiger partial charge in [0, 0.05) is 13.7 Å². The maximum absolute atomic E-state index is 12.0. The van der Waals surface area contributed by atoms with Gasteiger partial charge >= 0.3 is 0 Å². The lowest BCUT2D eigenvalue weighted by molar-refractivity contribution is -0.115. The van der Waals surface area contributed by atoms with Crippen LogP contribution in [0.2, 0.25) is 0 Å². The fourth-order valence-electron chi connectivity index (χ4n) is 1.58. The molecule has 0 spiro atoms. The maximum Gasteiger partial charge on any atom is 0.253 e. The van der Waals surface area contributed by atoms with Gasteiger partial charge in [0.1, 0.15) is 0 Å². The molecule has 1 rings (SSSR count). The van der Waals surface area contributed by atoms with E-state index in [9.17, 15) is 9.59 Å². The highest BCUT2D eigenvalue weighted by atomic mass is 16.5. The van der Waals surface area contributed by atoms with Crippen molar-refractivity contribution in [2.24, 2.45) is 0 Å². The van der Waals surface area contributed by atoms with E-state index in [1.54, 1.807) is 31.4 Å². The molecular weight excluding hydrogens is 258 g/mol. The first-order chi connectivity index (χ1) is 9.69. The summed E-state index contributed by atoms with van der Waals surface area (Å²) < 4.78 is 4.87. The van der Waals surface area contributed by atoms with Crippen LogP contribution in [0.5, 0.6) is 0 Å². The summed E-state index contributed by atoms with van der Waals surface area (Å²) in [6.07, 6.45) is 0. The Balaban J connectivity index is 2.67. The van der Waals surface area contributed by atoms with Gasteiger partial charge in [-0.1, -0.05) is 19.1 Å². The number of hydrogen-bond donors (Lipinski definition) is 3. The summed E-state index contributed by atoms with van der Waals surface area (Å²) in [7, 11) is 1.57. The highest BCUT2D eigenvalue weighted by Crippen LogP contribution is 2.14. The van der Waals surface area contributed by atoms with Crippen molar-refractivity contribution >= 4 is 17.5 Å². The molecule has 0 bridgehead atoms. The molecule has 1 aromatic carbocycles. The largest absolute Gasteiger partial charge is 0.383 e. The molecule has 0 saturated heterocycles. The van der Waals surface area contributed by atoms with Crippen molar-refractivity contribution in [3.63, 3.8) is 0 Å². The first kappa shape index (κ1) is 16.1. The molecule has 0 radical (unpaired) electrons. The predicted octanol–water partition coefficient (Wildman–Crippen LogP) is 0.611. The lowest BCUT2D eigenvalue weighted by Crippen LogP contribution is -2.30. The number of hydrogen-bond acceptors (Lipinski definition) is 4. The summed E-state index contributed by atoms with van der Waals surface area (Å²) in [4.78, 5) is 23.7. The van der Waals surface area contributed by atoms with E-state index >= 15 is 0 Å². The molecule has 2 amide bonds. The van der Waals surface area contributed by atoms with E-state index in [2.05, 4.69) is 16.0 Å². The van der Waals surface area contributed by atoms with Crippen LogP contribution in [0, 0.1) is 0 Å². The average Bonchev–Trinajstić information content (AvgIpc) is 2.46. The average molecular weight is 279 g/mol. The van der Waals surface area contributed by atoms with Crippen LogP contribution in [0.4, 0.5) is 5.69 Å². The SMILES string of the molecule is CCNCC(=O)Nc1ccccc1C(=O)NCCOC. The van der Waals surface area contributed by atoms with Gasteiger partial charge in [-0.05, 0) is 18.7 Å². The third-order valence-corrected chi connectivity index (χ3v) is 2.57. The van der Waals surface area contributed by atoms with Crippen LogP contribution in [0.15, 0.2) is 24.3 Å². The second-order valence-corrected chi connectivity index (χ2v) is 4.12. The molecule has 110 valence electrons. The summed E-state index contributed by atoms with van der Waals surface area (Å²) in [5, 5.41) is 8.38. The molecule has 6 nitrogen and oxygen atoms in total. The second-order valence-electron chi connectivity index (χ2n) is 4.12. The van der Waals surface area contributed by atoms with E-state index in [-0.39, 0.29) is 18.4 Å². The lowest BCUT2D eigenvalue weighted by atomic mass is 10.1. The minimum absolute atomic E-state index is 0.177. The molecule has 3 N–H and O–H groups in total. The quantitative estimate of drug-likeness (QED) is 0.609. The van der Waals surface area contributed by atoms with Gasteiger partial charge < -0.3 is 20.7 Å². The maximum atomic E-state index is 12.0. The van der Waals surface area contributed by atoms with E-state index in [0.717, 1.165) is 0 Å². The van der Waals surface area contributed by atoms with E-state index in [1.165, 1.54) is 0 Å². The number of para-hydroxylation sites is 1. The van der Waals surface area contributed by atoms with E-state index in [0.29, 0.717) is 30.9 Å². The van der Waals surface area contributed by atoms with Gasteiger partial charge in [0.2, 0.25) is 5.91 Å². The molecule has 0 aromatic heterocycles. The molecule has 20 heavy (non-hydrogen) atoms. The van der Waals surface area contributed by atoms with Crippen LogP contribution in [-0.4, -0.2) is 45.2 Å². The number of rotatable bonds is 8. The number of carbonyl (C=O) groups is 2. The summed E-state index contributed by atoms with van der Waals surface area (Å²) in [5.74, 6) is -0.412. The third kappa shape index (κ3) is 5.38. The van der Waals surface area contributed by atoms with Crippen LogP contribution < -0.4 is 16.0 Å². The standard InChI is InChI=1S/C14H21N3O3/c1-3-15-10-13(18)17-12-7-5-4-6-11(12)14(19)16-8-9-20-2/h4-7,15H,3,8-10H2,1-2H3,(H,16,19)(H,17,18). The number of ether oxygens (including phenoxy) is 1. The minimum Gasteiger partial charge on any atom is -0.383 e. The topological polar surface area (TPSA) is 79.5 Å². The molecule has 0 aliphatic rings. The van der Waals surface area contributed by atoms with Crippen molar-refractivity contribution in [1.29, 1.82) is 0 Å². The smallest absolute Gasteiger partial charge is 0.253 e. The first-order valence-corrected chi connectivity index (χ1v) is 6.55. The fourth-order valence-corrected chi connectivity index (χ4v) is 1.58. The van der Waals surface area contributed by atoms with Crippen LogP contribution in [-0.2, 0) is 9.53 Å². The fraction of sp³-hybridized carbons (Fsp3) is 0.429. The summed E-state index contributed by atoms with van der Waals surface area (Å²) in [5.41, 5.74) is 0.943. The highest BCUT2D eigenvalue weighted by molar-refractivity contribution is 6.04. The zero-order chi connectivity index (χ0) is 14.8. The van der Waals surface area contributed by atoms with Crippen molar-refractivity contribution < 1.29 is 14.3 Å². The highest BCUT2D eigenvalue weighted by Gasteiger charge is 2.12. The number of anilines is 1. The minimum atomic E-state index is -0.235. The van der Waals surface area contributed by atoms with Gasteiger partial charge in [-0.2, -0.15) is 0 Å². The number of likely N-dealkylation sites (N-methyl/N-ethyl adjacent to an activating group) is 1. The van der Waals surface area contributed by atoms with Crippen LogP contribution >= 0.6 is 0 Å². The van der Waals surface area contributed by atoms with Gasteiger partial charge in [-0.15, -0.1) is 0 Å². The summed E-state index contributed by atoms with van der Waals surface area (Å²) >= 11 is 0. The summed E-state index contributed by atoms with van der Waals surface area (Å²) in [6, 6.07) is 6.90. The molecule has 0 atom stereocenters. The van der Waals surface area contributed by atoms with Gasteiger partial charge in [0.15, 0.2) is 0 Å². The van der Waals surface area contributed by atoms with Gasteiger partial charge in [-0.25, -0.2) is 0 Å². The Kier molecular flexibility index (Phi) is 7.31. The third-order valence-electron chi connectivity index (χ3n) is 2.57. The monoisotopic (exact) mass is 279 g/mol. The Morgan fingerprint density at radius 2 is 2.00 bits per heavy atom. The molecule has 1 aromatic rings. The molecule has 0 saturated carbocycles. The molecular formula is C14H21N3O3. The van der Waals surface area contributed by atoms with Crippen LogP contribution in [0.1, 0.15) is 17.3 Å². The normalized spacial score (nSPS) is 10.1. The Morgan fingerprint density at radius 3 is 2.70 bits per heavy atom. The summed E-state index contributed by atoms with van der Waals surface area (Å²) in [6.45, 7) is 3.73. The van der Waals surface area contributed by atoms with Crippen molar-refractivity contribution in [1.82, 2.24) is 10.6 Å². The predicted molar refractivity (Wildman–Crippen MR) is 77.8 cm³/mol. The number of benzene rings is 1. The molecule has 0 heterocycles. The van der Waals surface area contributed by atoms with Crippen molar-refractivity contribution in [3.05, 3.63) is 29.8 Å². The van der Waals surface area contributed by atoms with Crippen molar-refractivity contribution in [2.75, 3.05) is 38.7 Å². The van der Waals surface area contributed by atoms with Crippen LogP contribution in [0.3, 0.4) is 0 Å². The van der Waals surface area contributed by atoms with Gasteiger partial charge in [-0.3, -0.25) is 9.59 Å². The van der Waals surface area contributed by atoms with Crippen molar-refractivity contribution in [3.8, 4) is 0 Å². The Hall–Kier alpha value is -1.92. The molecule has 0 fully saturated rings. The zero-order valence-corrected chi connectivity index (χ0v) is 11.9. The zero-order valence-electron chi connectivity index (χ0n) is 11.9. The number of nitrogens with one attached hydrogen (secondary N) is 3. The van der Waals surface area contributed by atoms with Crippen molar-refractivity contribution in [2.45, 2.75) is 6.92 Å². The molecule has 0 aliphatic carbocycles. The molecule has 0 unspecified atom stereocenters.